The van der Waals surface area contributed by atoms with Crippen LogP contribution in [0.4, 0.5) is 5.69 Å². The van der Waals surface area contributed by atoms with E-state index in [4.69, 9.17) is 9.84 Å². The van der Waals surface area contributed by atoms with Gasteiger partial charge in [0.05, 0.1) is 12.7 Å². The van der Waals surface area contributed by atoms with Crippen molar-refractivity contribution >= 4 is 23.5 Å². The SMILES string of the molecule is C[C@@H]1/C=C\C(=O)[C@@H](O)[C@@H](O)C/C=C/c2cc(NCCO)cc(O)c2C(=O)O[C@H]1C. The molecule has 0 unspecified atom stereocenters. The first-order valence-corrected chi connectivity index (χ1v) is 9.42. The Hall–Kier alpha value is -2.68. The molecule has 4 atom stereocenters. The molecule has 29 heavy (non-hydrogen) atoms. The number of carbonyl (C=O) groups excluding carboxylic acids is 2. The molecule has 8 heteroatoms. The average molecular weight is 405 g/mol. The molecule has 158 valence electrons. The summed E-state index contributed by atoms with van der Waals surface area (Å²) in [4.78, 5) is 24.7. The summed E-state index contributed by atoms with van der Waals surface area (Å²) in [7, 11) is 0. The Morgan fingerprint density at radius 3 is 2.59 bits per heavy atom. The van der Waals surface area contributed by atoms with Gasteiger partial charge in [0.2, 0.25) is 0 Å². The first kappa shape index (κ1) is 22.6. The molecule has 0 aliphatic carbocycles. The number of benzene rings is 1. The molecule has 1 aliphatic rings. The van der Waals surface area contributed by atoms with Crippen LogP contribution in [0.5, 0.6) is 5.75 Å². The molecule has 1 aromatic carbocycles. The van der Waals surface area contributed by atoms with E-state index in [1.807, 2.05) is 0 Å². The first-order chi connectivity index (χ1) is 13.7. The highest BCUT2D eigenvalue weighted by atomic mass is 16.5. The summed E-state index contributed by atoms with van der Waals surface area (Å²) in [5.74, 6) is -2.01. The van der Waals surface area contributed by atoms with E-state index >= 15 is 0 Å². The van der Waals surface area contributed by atoms with E-state index in [0.29, 0.717) is 11.3 Å². The largest absolute Gasteiger partial charge is 0.507 e. The topological polar surface area (TPSA) is 136 Å². The van der Waals surface area contributed by atoms with Gasteiger partial charge in [-0.05, 0) is 31.1 Å². The van der Waals surface area contributed by atoms with Crippen LogP contribution >= 0.6 is 0 Å². The molecule has 0 amide bonds. The second-order valence-electron chi connectivity index (χ2n) is 6.99. The van der Waals surface area contributed by atoms with Gasteiger partial charge in [0, 0.05) is 24.2 Å². The number of aliphatic hydroxyl groups is 3. The number of hydrogen-bond donors (Lipinski definition) is 5. The van der Waals surface area contributed by atoms with E-state index in [0.717, 1.165) is 0 Å². The van der Waals surface area contributed by atoms with Crippen molar-refractivity contribution in [3.63, 3.8) is 0 Å². The van der Waals surface area contributed by atoms with E-state index in [-0.39, 0.29) is 36.8 Å². The summed E-state index contributed by atoms with van der Waals surface area (Å²) in [5.41, 5.74) is 0.770. The van der Waals surface area contributed by atoms with Crippen molar-refractivity contribution in [1.29, 1.82) is 0 Å². The fourth-order valence-corrected chi connectivity index (χ4v) is 2.79. The number of esters is 1. The van der Waals surface area contributed by atoms with Crippen molar-refractivity contribution in [2.75, 3.05) is 18.5 Å². The molecule has 0 radical (unpaired) electrons. The number of ether oxygens (including phenoxy) is 1. The van der Waals surface area contributed by atoms with Crippen LogP contribution in [0.3, 0.4) is 0 Å². The molecule has 2 rings (SSSR count). The zero-order valence-electron chi connectivity index (χ0n) is 16.4. The molecule has 5 N–H and O–H groups in total. The highest BCUT2D eigenvalue weighted by Gasteiger charge is 2.25. The number of aliphatic hydroxyl groups excluding tert-OH is 3. The standard InChI is InChI=1S/C21H27NO7/c1-12-6-7-17(25)20(27)16(24)5-3-4-14-10-15(22-8-9-23)11-18(26)19(14)21(28)29-13(12)2/h3-4,6-7,10-13,16,20,22-24,26-27H,5,8-9H2,1-2H3/b4-3+,7-6-/t12-,13+,16+,20+/m1/s1. The van der Waals surface area contributed by atoms with E-state index < -0.39 is 30.1 Å². The van der Waals surface area contributed by atoms with Crippen LogP contribution in [-0.2, 0) is 9.53 Å². The molecular formula is C21H27NO7. The highest BCUT2D eigenvalue weighted by Crippen LogP contribution is 2.29. The van der Waals surface area contributed by atoms with Crippen LogP contribution in [0, 0.1) is 5.92 Å². The number of hydrogen-bond acceptors (Lipinski definition) is 8. The number of nitrogens with one attached hydrogen (secondary N) is 1. The van der Waals surface area contributed by atoms with E-state index in [9.17, 15) is 24.9 Å². The Kier molecular flexibility index (Phi) is 7.95. The van der Waals surface area contributed by atoms with Crippen LogP contribution < -0.4 is 5.32 Å². The number of anilines is 1. The van der Waals surface area contributed by atoms with Gasteiger partial charge < -0.3 is 30.5 Å². The van der Waals surface area contributed by atoms with Gasteiger partial charge in [-0.2, -0.15) is 0 Å². The van der Waals surface area contributed by atoms with E-state index in [2.05, 4.69) is 5.32 Å². The second kappa shape index (κ2) is 10.2. The van der Waals surface area contributed by atoms with Gasteiger partial charge in [0.1, 0.15) is 23.5 Å². The maximum absolute atomic E-state index is 12.7. The number of aromatic hydroxyl groups is 1. The fraction of sp³-hybridized carbons (Fsp3) is 0.429. The zero-order valence-corrected chi connectivity index (χ0v) is 16.4. The minimum absolute atomic E-state index is 0.0398. The lowest BCUT2D eigenvalue weighted by Crippen LogP contribution is -2.32. The summed E-state index contributed by atoms with van der Waals surface area (Å²) < 4.78 is 5.45. The third-order valence-electron chi connectivity index (χ3n) is 4.72. The van der Waals surface area contributed by atoms with Crippen molar-refractivity contribution in [3.05, 3.63) is 41.5 Å². The summed E-state index contributed by atoms with van der Waals surface area (Å²) in [6.45, 7) is 3.52. The first-order valence-electron chi connectivity index (χ1n) is 9.42. The normalized spacial score (nSPS) is 28.0. The molecule has 0 aromatic heterocycles. The highest BCUT2D eigenvalue weighted by molar-refractivity contribution is 5.97. The zero-order chi connectivity index (χ0) is 21.6. The maximum Gasteiger partial charge on any atom is 0.342 e. The molecule has 0 saturated heterocycles. The maximum atomic E-state index is 12.7. The molecule has 1 aromatic rings. The van der Waals surface area contributed by atoms with Crippen LogP contribution in [0.1, 0.15) is 36.2 Å². The van der Waals surface area contributed by atoms with Crippen LogP contribution in [-0.4, -0.2) is 63.6 Å². The summed E-state index contributed by atoms with van der Waals surface area (Å²) in [6.07, 6.45) is 2.10. The van der Waals surface area contributed by atoms with Crippen LogP contribution in [0.15, 0.2) is 30.4 Å². The second-order valence-corrected chi connectivity index (χ2v) is 6.99. The number of fused-ring (bicyclic) bond motifs is 1. The predicted octanol–water partition coefficient (Wildman–Crippen LogP) is 1.24. The minimum atomic E-state index is -1.57. The van der Waals surface area contributed by atoms with Gasteiger partial charge in [-0.1, -0.05) is 25.2 Å². The van der Waals surface area contributed by atoms with Crippen molar-refractivity contribution in [2.24, 2.45) is 5.92 Å². The predicted molar refractivity (Wildman–Crippen MR) is 108 cm³/mol. The lowest BCUT2D eigenvalue weighted by molar-refractivity contribution is -0.127. The van der Waals surface area contributed by atoms with Crippen molar-refractivity contribution < 1.29 is 34.8 Å². The lowest BCUT2D eigenvalue weighted by atomic mass is 9.99. The Bertz CT molecular complexity index is 802. The average Bonchev–Trinajstić information content (AvgIpc) is 2.68. The summed E-state index contributed by atoms with van der Waals surface area (Å²) in [6, 6.07) is 2.95. The Morgan fingerprint density at radius 1 is 1.17 bits per heavy atom. The number of rotatable bonds is 3. The van der Waals surface area contributed by atoms with Crippen molar-refractivity contribution in [1.82, 2.24) is 0 Å². The van der Waals surface area contributed by atoms with Crippen molar-refractivity contribution in [3.8, 4) is 5.75 Å². The fourth-order valence-electron chi connectivity index (χ4n) is 2.79. The van der Waals surface area contributed by atoms with Crippen LogP contribution in [0.2, 0.25) is 0 Å². The number of phenolic OH excluding ortho intramolecular Hbond substituents is 1. The Labute approximate surface area is 169 Å². The smallest absolute Gasteiger partial charge is 0.342 e. The number of ketones is 1. The molecule has 0 fully saturated rings. The summed E-state index contributed by atoms with van der Waals surface area (Å²) in [5, 5.41) is 42.3. The molecule has 0 saturated carbocycles. The molecule has 1 aliphatic heterocycles. The Balaban J connectivity index is 2.47. The minimum Gasteiger partial charge on any atom is -0.507 e. The van der Waals surface area contributed by atoms with Gasteiger partial charge in [0.25, 0.3) is 0 Å². The van der Waals surface area contributed by atoms with E-state index in [1.54, 1.807) is 19.9 Å². The van der Waals surface area contributed by atoms with Crippen LogP contribution in [0.25, 0.3) is 6.08 Å². The van der Waals surface area contributed by atoms with Gasteiger partial charge in [-0.3, -0.25) is 4.79 Å². The number of cyclic esters (lactones) is 1. The molecular weight excluding hydrogens is 378 g/mol. The molecule has 0 spiro atoms. The molecule has 0 bridgehead atoms. The van der Waals surface area contributed by atoms with Gasteiger partial charge >= 0.3 is 5.97 Å². The third-order valence-corrected chi connectivity index (χ3v) is 4.72. The number of carbonyl (C=O) groups is 2. The quantitative estimate of drug-likeness (QED) is 0.474. The van der Waals surface area contributed by atoms with Crippen molar-refractivity contribution in [2.45, 2.75) is 38.6 Å². The van der Waals surface area contributed by atoms with Gasteiger partial charge in [0.15, 0.2) is 5.78 Å². The third kappa shape index (κ3) is 5.90. The van der Waals surface area contributed by atoms with Gasteiger partial charge in [-0.25, -0.2) is 4.79 Å². The lowest BCUT2D eigenvalue weighted by Gasteiger charge is -2.20. The Morgan fingerprint density at radius 2 is 1.90 bits per heavy atom. The number of phenols is 1. The monoisotopic (exact) mass is 405 g/mol. The molecule has 1 heterocycles. The van der Waals surface area contributed by atoms with Gasteiger partial charge in [-0.15, -0.1) is 0 Å². The summed E-state index contributed by atoms with van der Waals surface area (Å²) >= 11 is 0. The molecule has 8 nitrogen and oxygen atoms in total. The van der Waals surface area contributed by atoms with E-state index in [1.165, 1.54) is 30.4 Å².